The molecule has 0 atom stereocenters. The van der Waals surface area contributed by atoms with Crippen LogP contribution in [0, 0.1) is 0 Å². The highest BCUT2D eigenvalue weighted by Crippen LogP contribution is 2.31. The Labute approximate surface area is 97.3 Å². The van der Waals surface area contributed by atoms with Gasteiger partial charge < -0.3 is 15.2 Å². The van der Waals surface area contributed by atoms with Gasteiger partial charge in [-0.25, -0.2) is 0 Å². The molecule has 2 N–H and O–H groups in total. The summed E-state index contributed by atoms with van der Waals surface area (Å²) in [5.41, 5.74) is 6.09. The summed E-state index contributed by atoms with van der Waals surface area (Å²) in [6, 6.07) is 5.01. The number of nitrogens with two attached hydrogens (primary N) is 1. The summed E-state index contributed by atoms with van der Waals surface area (Å²) in [4.78, 5) is 0. The van der Waals surface area contributed by atoms with Crippen LogP contribution in [-0.4, -0.2) is 19.9 Å². The molecule has 0 radical (unpaired) electrons. The van der Waals surface area contributed by atoms with Crippen molar-refractivity contribution in [1.29, 1.82) is 0 Å². The van der Waals surface area contributed by atoms with E-state index >= 15 is 0 Å². The maximum absolute atomic E-state index is 12.0. The third-order valence-electron chi connectivity index (χ3n) is 2.13. The third kappa shape index (κ3) is 4.14. The number of methoxy groups -OCH3 is 1. The van der Waals surface area contributed by atoms with E-state index in [4.69, 9.17) is 15.2 Å². The smallest absolute Gasteiger partial charge is 0.392 e. The van der Waals surface area contributed by atoms with E-state index in [-0.39, 0.29) is 12.3 Å². The van der Waals surface area contributed by atoms with Gasteiger partial charge in [0.15, 0.2) is 11.5 Å². The van der Waals surface area contributed by atoms with Crippen molar-refractivity contribution in [2.45, 2.75) is 19.1 Å². The van der Waals surface area contributed by atoms with Gasteiger partial charge in [-0.3, -0.25) is 0 Å². The molecule has 0 unspecified atom stereocenters. The molecule has 96 valence electrons. The van der Waals surface area contributed by atoms with Gasteiger partial charge in [-0.05, 0) is 6.07 Å². The van der Waals surface area contributed by atoms with Crippen molar-refractivity contribution >= 4 is 0 Å². The van der Waals surface area contributed by atoms with Crippen LogP contribution in [0.1, 0.15) is 12.0 Å². The van der Waals surface area contributed by atoms with E-state index in [1.807, 2.05) is 0 Å². The van der Waals surface area contributed by atoms with E-state index < -0.39 is 19.2 Å². The zero-order valence-corrected chi connectivity index (χ0v) is 9.38. The predicted octanol–water partition coefficient (Wildman–Crippen LogP) is 2.49. The minimum Gasteiger partial charge on any atom is -0.493 e. The molecule has 0 aliphatic carbocycles. The number of ether oxygens (including phenoxy) is 2. The monoisotopic (exact) mass is 249 g/mol. The quantitative estimate of drug-likeness (QED) is 0.871. The van der Waals surface area contributed by atoms with Crippen molar-refractivity contribution < 1.29 is 22.6 Å². The van der Waals surface area contributed by atoms with Crippen LogP contribution < -0.4 is 15.2 Å². The Morgan fingerprint density at radius 2 is 2.00 bits per heavy atom. The van der Waals surface area contributed by atoms with Crippen LogP contribution in [0.5, 0.6) is 11.5 Å². The molecule has 0 saturated carbocycles. The van der Waals surface area contributed by atoms with Gasteiger partial charge in [0, 0.05) is 12.1 Å². The van der Waals surface area contributed by atoms with Gasteiger partial charge in [0.25, 0.3) is 0 Å². The number of hydrogen-bond donors (Lipinski definition) is 1. The maximum atomic E-state index is 12.0. The zero-order chi connectivity index (χ0) is 12.9. The van der Waals surface area contributed by atoms with Crippen molar-refractivity contribution in [3.05, 3.63) is 23.8 Å². The Morgan fingerprint density at radius 1 is 1.29 bits per heavy atom. The molecule has 0 bridgehead atoms. The standard InChI is InChI=1S/C11H14F3NO2/c1-16-9-4-2-3-8(7-15)10(9)17-6-5-11(12,13)14/h2-4H,5-7,15H2,1H3. The first-order chi connectivity index (χ1) is 7.98. The molecule has 0 amide bonds. The predicted molar refractivity (Wildman–Crippen MR) is 57.1 cm³/mol. The zero-order valence-electron chi connectivity index (χ0n) is 9.38. The molecule has 0 heterocycles. The van der Waals surface area contributed by atoms with Crippen LogP contribution in [0.3, 0.4) is 0 Å². The van der Waals surface area contributed by atoms with Crippen LogP contribution in [0.4, 0.5) is 13.2 Å². The van der Waals surface area contributed by atoms with Gasteiger partial charge in [0.05, 0.1) is 20.1 Å². The molecule has 1 rings (SSSR count). The number of hydrogen-bond acceptors (Lipinski definition) is 3. The number of benzene rings is 1. The average molecular weight is 249 g/mol. The van der Waals surface area contributed by atoms with Gasteiger partial charge >= 0.3 is 6.18 Å². The SMILES string of the molecule is COc1cccc(CN)c1OCCC(F)(F)F. The number of halogens is 3. The Bertz CT molecular complexity index is 344. The molecule has 0 aliphatic rings. The Hall–Kier alpha value is -1.43. The first-order valence-electron chi connectivity index (χ1n) is 5.03. The molecular formula is C11H14F3NO2. The first kappa shape index (κ1) is 13.6. The molecule has 1 aromatic rings. The van der Waals surface area contributed by atoms with Crippen molar-refractivity contribution in [2.75, 3.05) is 13.7 Å². The highest BCUT2D eigenvalue weighted by Gasteiger charge is 2.27. The molecular weight excluding hydrogens is 235 g/mol. The van der Waals surface area contributed by atoms with Crippen molar-refractivity contribution in [2.24, 2.45) is 5.73 Å². The Morgan fingerprint density at radius 3 is 2.53 bits per heavy atom. The second kappa shape index (κ2) is 5.77. The van der Waals surface area contributed by atoms with Crippen LogP contribution in [-0.2, 0) is 6.54 Å². The van der Waals surface area contributed by atoms with E-state index in [1.54, 1.807) is 18.2 Å². The highest BCUT2D eigenvalue weighted by atomic mass is 19.4. The first-order valence-corrected chi connectivity index (χ1v) is 5.03. The lowest BCUT2D eigenvalue weighted by Gasteiger charge is -2.14. The lowest BCUT2D eigenvalue weighted by atomic mass is 10.2. The maximum Gasteiger partial charge on any atom is 0.392 e. The van der Waals surface area contributed by atoms with Gasteiger partial charge in [0.1, 0.15) is 0 Å². The summed E-state index contributed by atoms with van der Waals surface area (Å²) in [5.74, 6) is 0.664. The summed E-state index contributed by atoms with van der Waals surface area (Å²) >= 11 is 0. The number of alkyl halides is 3. The molecule has 6 heteroatoms. The molecule has 0 fully saturated rings. The Balaban J connectivity index is 2.74. The minimum absolute atomic E-state index is 0.179. The van der Waals surface area contributed by atoms with Crippen LogP contribution >= 0.6 is 0 Å². The highest BCUT2D eigenvalue weighted by molar-refractivity contribution is 5.46. The van der Waals surface area contributed by atoms with Gasteiger partial charge in [0.2, 0.25) is 0 Å². The molecule has 0 aromatic heterocycles. The summed E-state index contributed by atoms with van der Waals surface area (Å²) in [5, 5.41) is 0. The molecule has 0 spiro atoms. The summed E-state index contributed by atoms with van der Waals surface area (Å²) in [6.45, 7) is -0.268. The summed E-state index contributed by atoms with van der Waals surface area (Å²) in [6.07, 6.45) is -5.24. The minimum atomic E-state index is -4.23. The molecule has 3 nitrogen and oxygen atoms in total. The van der Waals surface area contributed by atoms with Crippen LogP contribution in [0.25, 0.3) is 0 Å². The fraction of sp³-hybridized carbons (Fsp3) is 0.455. The van der Waals surface area contributed by atoms with E-state index in [9.17, 15) is 13.2 Å². The topological polar surface area (TPSA) is 44.5 Å². The molecule has 1 aromatic carbocycles. The largest absolute Gasteiger partial charge is 0.493 e. The second-order valence-corrected chi connectivity index (χ2v) is 3.37. The second-order valence-electron chi connectivity index (χ2n) is 3.37. The van der Waals surface area contributed by atoms with Crippen molar-refractivity contribution in [3.8, 4) is 11.5 Å². The van der Waals surface area contributed by atoms with E-state index in [0.29, 0.717) is 11.3 Å². The van der Waals surface area contributed by atoms with Crippen molar-refractivity contribution in [3.63, 3.8) is 0 Å². The normalized spacial score (nSPS) is 11.4. The van der Waals surface area contributed by atoms with E-state index in [0.717, 1.165) is 0 Å². The molecule has 0 aliphatic heterocycles. The van der Waals surface area contributed by atoms with Crippen molar-refractivity contribution in [1.82, 2.24) is 0 Å². The lowest BCUT2D eigenvalue weighted by Crippen LogP contribution is -2.14. The summed E-state index contributed by atoms with van der Waals surface area (Å²) < 4.78 is 46.1. The Kier molecular flexibility index (Phi) is 4.62. The van der Waals surface area contributed by atoms with Gasteiger partial charge in [-0.1, -0.05) is 12.1 Å². The van der Waals surface area contributed by atoms with E-state index in [2.05, 4.69) is 0 Å². The third-order valence-corrected chi connectivity index (χ3v) is 2.13. The molecule has 0 saturated heterocycles. The van der Waals surface area contributed by atoms with Crippen LogP contribution in [0.2, 0.25) is 0 Å². The average Bonchev–Trinajstić information content (AvgIpc) is 2.27. The van der Waals surface area contributed by atoms with Crippen LogP contribution in [0.15, 0.2) is 18.2 Å². The van der Waals surface area contributed by atoms with Gasteiger partial charge in [-0.2, -0.15) is 13.2 Å². The molecule has 17 heavy (non-hydrogen) atoms. The lowest BCUT2D eigenvalue weighted by molar-refractivity contribution is -0.139. The van der Waals surface area contributed by atoms with E-state index in [1.165, 1.54) is 7.11 Å². The van der Waals surface area contributed by atoms with Gasteiger partial charge in [-0.15, -0.1) is 0 Å². The fourth-order valence-electron chi connectivity index (χ4n) is 1.32. The fourth-order valence-corrected chi connectivity index (χ4v) is 1.32. The number of rotatable bonds is 5. The summed E-state index contributed by atoms with van der Waals surface area (Å²) in [7, 11) is 1.42. The number of para-hydroxylation sites is 1.